The van der Waals surface area contributed by atoms with Gasteiger partial charge in [0.2, 0.25) is 5.91 Å². The van der Waals surface area contributed by atoms with Crippen LogP contribution in [0, 0.1) is 0 Å². The van der Waals surface area contributed by atoms with Gasteiger partial charge in [0, 0.05) is 7.05 Å². The largest absolute Gasteiger partial charge is 0.480 e. The molecule has 0 aliphatic rings. The van der Waals surface area contributed by atoms with E-state index in [1.54, 1.807) is 0 Å². The maximum absolute atomic E-state index is 10.6. The second kappa shape index (κ2) is 4.68. The number of carboxylic acid groups (broad SMARTS) is 1. The van der Waals surface area contributed by atoms with Crippen LogP contribution in [-0.2, 0) is 9.59 Å². The highest BCUT2D eigenvalue weighted by Gasteiger charge is 2.10. The van der Waals surface area contributed by atoms with Gasteiger partial charge in [0.25, 0.3) is 0 Å². The van der Waals surface area contributed by atoms with Crippen LogP contribution >= 0.6 is 0 Å². The Morgan fingerprint density at radius 1 is 1.55 bits per heavy atom. The van der Waals surface area contributed by atoms with Crippen molar-refractivity contribution in [1.82, 2.24) is 10.6 Å². The fourth-order valence-corrected chi connectivity index (χ4v) is 0.421. The lowest BCUT2D eigenvalue weighted by Gasteiger charge is -2.06. The molecule has 1 atom stereocenters. The molecule has 5 nitrogen and oxygen atoms in total. The summed E-state index contributed by atoms with van der Waals surface area (Å²) < 4.78 is 0. The molecule has 5 heteroatoms. The molecule has 0 heterocycles. The average molecular weight is 160 g/mol. The van der Waals surface area contributed by atoms with E-state index in [1.807, 2.05) is 0 Å². The Hall–Kier alpha value is -1.10. The molecule has 0 radical (unpaired) electrons. The van der Waals surface area contributed by atoms with Gasteiger partial charge in [-0.1, -0.05) is 0 Å². The minimum Gasteiger partial charge on any atom is -0.480 e. The number of hydrogen-bond acceptors (Lipinski definition) is 3. The van der Waals surface area contributed by atoms with E-state index in [9.17, 15) is 9.59 Å². The highest BCUT2D eigenvalue weighted by Crippen LogP contribution is 1.78. The zero-order chi connectivity index (χ0) is 8.85. The third-order valence-electron chi connectivity index (χ3n) is 1.22. The van der Waals surface area contributed by atoms with Crippen molar-refractivity contribution < 1.29 is 14.7 Å². The summed E-state index contributed by atoms with van der Waals surface area (Å²) in [5.74, 6) is -1.19. The van der Waals surface area contributed by atoms with Crippen molar-refractivity contribution in [3.63, 3.8) is 0 Å². The number of carbonyl (C=O) groups is 2. The van der Waals surface area contributed by atoms with E-state index in [-0.39, 0.29) is 12.5 Å². The fraction of sp³-hybridized carbons (Fsp3) is 0.667. The van der Waals surface area contributed by atoms with Crippen LogP contribution in [0.1, 0.15) is 6.92 Å². The maximum Gasteiger partial charge on any atom is 0.320 e. The number of likely N-dealkylation sites (N-methyl/N-ethyl adjacent to an activating group) is 1. The van der Waals surface area contributed by atoms with Crippen LogP contribution in [0.3, 0.4) is 0 Å². The molecule has 0 aliphatic heterocycles. The summed E-state index contributed by atoms with van der Waals surface area (Å²) in [6, 6.07) is -0.688. The number of rotatable bonds is 4. The molecule has 11 heavy (non-hydrogen) atoms. The molecule has 0 bridgehead atoms. The molecular formula is C6H12N2O3. The Balaban J connectivity index is 3.54. The van der Waals surface area contributed by atoms with Crippen LogP contribution in [0.15, 0.2) is 0 Å². The lowest BCUT2D eigenvalue weighted by atomic mass is 10.3. The Morgan fingerprint density at radius 3 is 2.45 bits per heavy atom. The second-order valence-corrected chi connectivity index (χ2v) is 2.11. The number of carboxylic acids is 1. The number of amides is 1. The van der Waals surface area contributed by atoms with Gasteiger partial charge in [-0.15, -0.1) is 0 Å². The van der Waals surface area contributed by atoms with Crippen LogP contribution in [-0.4, -0.2) is 36.6 Å². The molecule has 0 saturated carbocycles. The van der Waals surface area contributed by atoms with Crippen LogP contribution in [0.4, 0.5) is 0 Å². The van der Waals surface area contributed by atoms with Crippen molar-refractivity contribution in [3.8, 4) is 0 Å². The van der Waals surface area contributed by atoms with E-state index >= 15 is 0 Å². The fourth-order valence-electron chi connectivity index (χ4n) is 0.421. The predicted molar refractivity (Wildman–Crippen MR) is 39.2 cm³/mol. The molecule has 0 unspecified atom stereocenters. The van der Waals surface area contributed by atoms with Crippen molar-refractivity contribution in [2.45, 2.75) is 13.0 Å². The average Bonchev–Trinajstić information content (AvgIpc) is 1.99. The van der Waals surface area contributed by atoms with Gasteiger partial charge in [0.15, 0.2) is 0 Å². The summed E-state index contributed by atoms with van der Waals surface area (Å²) in [6.07, 6.45) is 0. The molecular weight excluding hydrogens is 148 g/mol. The maximum atomic E-state index is 10.6. The number of hydrogen-bond donors (Lipinski definition) is 3. The zero-order valence-electron chi connectivity index (χ0n) is 6.55. The molecule has 0 aliphatic carbocycles. The van der Waals surface area contributed by atoms with Crippen molar-refractivity contribution in [3.05, 3.63) is 0 Å². The highest BCUT2D eigenvalue weighted by molar-refractivity contribution is 5.79. The Labute approximate surface area is 64.8 Å². The van der Waals surface area contributed by atoms with Crippen molar-refractivity contribution in [2.24, 2.45) is 0 Å². The minimum atomic E-state index is -0.964. The van der Waals surface area contributed by atoms with E-state index in [2.05, 4.69) is 10.6 Å². The summed E-state index contributed by atoms with van der Waals surface area (Å²) in [4.78, 5) is 20.8. The minimum absolute atomic E-state index is 0.0317. The first kappa shape index (κ1) is 9.90. The molecule has 64 valence electrons. The molecule has 1 amide bonds. The Kier molecular flexibility index (Phi) is 4.21. The quantitative estimate of drug-likeness (QED) is 0.482. The summed E-state index contributed by atoms with van der Waals surface area (Å²) in [7, 11) is 1.50. The molecule has 0 fully saturated rings. The number of carbonyl (C=O) groups excluding carboxylic acids is 1. The van der Waals surface area contributed by atoms with Crippen molar-refractivity contribution in [1.29, 1.82) is 0 Å². The number of aliphatic carboxylic acids is 1. The first-order valence-corrected chi connectivity index (χ1v) is 3.24. The van der Waals surface area contributed by atoms with Crippen LogP contribution < -0.4 is 10.6 Å². The van der Waals surface area contributed by atoms with Crippen LogP contribution in [0.2, 0.25) is 0 Å². The third kappa shape index (κ3) is 4.32. The molecule has 3 N–H and O–H groups in total. The van der Waals surface area contributed by atoms with Crippen LogP contribution in [0.25, 0.3) is 0 Å². The lowest BCUT2D eigenvalue weighted by molar-refractivity contribution is -0.139. The van der Waals surface area contributed by atoms with Crippen molar-refractivity contribution in [2.75, 3.05) is 13.6 Å². The van der Waals surface area contributed by atoms with Gasteiger partial charge in [-0.3, -0.25) is 14.9 Å². The molecule has 0 saturated heterocycles. The van der Waals surface area contributed by atoms with E-state index in [0.29, 0.717) is 0 Å². The van der Waals surface area contributed by atoms with E-state index < -0.39 is 12.0 Å². The number of nitrogens with one attached hydrogen (secondary N) is 2. The van der Waals surface area contributed by atoms with Gasteiger partial charge in [-0.2, -0.15) is 0 Å². The predicted octanol–water partition coefficient (Wildman–Crippen LogP) is -1.20. The second-order valence-electron chi connectivity index (χ2n) is 2.11. The third-order valence-corrected chi connectivity index (χ3v) is 1.22. The first-order valence-electron chi connectivity index (χ1n) is 3.24. The summed E-state index contributed by atoms with van der Waals surface area (Å²) in [5.41, 5.74) is 0. The standard InChI is InChI=1S/C6H12N2O3/c1-4(6(10)11)8-3-5(9)7-2/h4,8H,3H2,1-2H3,(H,7,9)(H,10,11)/t4-/m1/s1. The van der Waals surface area contributed by atoms with E-state index in [0.717, 1.165) is 0 Å². The molecule has 0 aromatic rings. The molecule has 0 aromatic carbocycles. The molecule has 0 rings (SSSR count). The first-order chi connectivity index (χ1) is 5.07. The van der Waals surface area contributed by atoms with Crippen LogP contribution in [0.5, 0.6) is 0 Å². The monoisotopic (exact) mass is 160 g/mol. The smallest absolute Gasteiger partial charge is 0.320 e. The van der Waals surface area contributed by atoms with Gasteiger partial charge in [-0.05, 0) is 6.92 Å². The van der Waals surface area contributed by atoms with Gasteiger partial charge in [0.1, 0.15) is 6.04 Å². The molecule has 0 spiro atoms. The Bertz CT molecular complexity index is 158. The topological polar surface area (TPSA) is 78.4 Å². The van der Waals surface area contributed by atoms with Gasteiger partial charge in [-0.25, -0.2) is 0 Å². The van der Waals surface area contributed by atoms with Crippen molar-refractivity contribution >= 4 is 11.9 Å². The zero-order valence-corrected chi connectivity index (χ0v) is 6.55. The van der Waals surface area contributed by atoms with Gasteiger partial charge in [0.05, 0.1) is 6.54 Å². The van der Waals surface area contributed by atoms with E-state index in [4.69, 9.17) is 5.11 Å². The SMILES string of the molecule is CNC(=O)CN[C@H](C)C(=O)O. The Morgan fingerprint density at radius 2 is 2.09 bits per heavy atom. The summed E-state index contributed by atoms with van der Waals surface area (Å²) in [5, 5.41) is 13.3. The lowest BCUT2D eigenvalue weighted by Crippen LogP contribution is -2.40. The highest BCUT2D eigenvalue weighted by atomic mass is 16.4. The summed E-state index contributed by atoms with van der Waals surface area (Å²) >= 11 is 0. The van der Waals surface area contributed by atoms with E-state index in [1.165, 1.54) is 14.0 Å². The van der Waals surface area contributed by atoms with Gasteiger partial charge < -0.3 is 10.4 Å². The molecule has 0 aromatic heterocycles. The summed E-state index contributed by atoms with van der Waals surface area (Å²) in [6.45, 7) is 1.51. The normalized spacial score (nSPS) is 12.2. The van der Waals surface area contributed by atoms with Gasteiger partial charge >= 0.3 is 5.97 Å².